The summed E-state index contributed by atoms with van der Waals surface area (Å²) in [6.07, 6.45) is -0.0555. The summed E-state index contributed by atoms with van der Waals surface area (Å²) < 4.78 is 29.8. The van der Waals surface area contributed by atoms with Gasteiger partial charge in [0.2, 0.25) is 5.60 Å². The van der Waals surface area contributed by atoms with Crippen molar-refractivity contribution in [2.75, 3.05) is 13.2 Å². The van der Waals surface area contributed by atoms with Gasteiger partial charge in [0.25, 0.3) is 0 Å². The molecular weight excluding hydrogens is 272 g/mol. The first-order valence-electron chi connectivity index (χ1n) is 5.71. The predicted octanol–water partition coefficient (Wildman–Crippen LogP) is 0.0649. The van der Waals surface area contributed by atoms with Crippen LogP contribution in [0.3, 0.4) is 0 Å². The number of carboxylic acids is 1. The molecule has 2 rings (SSSR count). The van der Waals surface area contributed by atoms with Crippen LogP contribution in [0.2, 0.25) is 0 Å². The Morgan fingerprint density at radius 2 is 1.95 bits per heavy atom. The first kappa shape index (κ1) is 14.0. The zero-order valence-electron chi connectivity index (χ0n) is 10.0. The van der Waals surface area contributed by atoms with Crippen LogP contribution in [0.4, 0.5) is 0 Å². The summed E-state index contributed by atoms with van der Waals surface area (Å²) in [7, 11) is -3.93. The van der Waals surface area contributed by atoms with Crippen LogP contribution < -0.4 is 0 Å². The molecule has 0 saturated carbocycles. The Morgan fingerprint density at radius 3 is 2.53 bits per heavy atom. The highest BCUT2D eigenvalue weighted by atomic mass is 32.2. The molecule has 1 aromatic carbocycles. The van der Waals surface area contributed by atoms with Gasteiger partial charge in [-0.2, -0.15) is 0 Å². The smallest absolute Gasteiger partial charge is 0.339 e. The van der Waals surface area contributed by atoms with Crippen LogP contribution in [0, 0.1) is 0 Å². The van der Waals surface area contributed by atoms with E-state index in [4.69, 9.17) is 9.84 Å². The summed E-state index contributed by atoms with van der Waals surface area (Å²) in [4.78, 5) is 11.2. The van der Waals surface area contributed by atoms with Gasteiger partial charge < -0.3 is 14.9 Å². The number of hydrogen-bond donors (Lipinski definition) is 2. The molecule has 0 unspecified atom stereocenters. The van der Waals surface area contributed by atoms with Gasteiger partial charge in [0.15, 0.2) is 9.84 Å². The molecule has 0 spiro atoms. The van der Waals surface area contributed by atoms with Gasteiger partial charge in [0.05, 0.1) is 11.5 Å². The number of benzene rings is 1. The lowest BCUT2D eigenvalue weighted by atomic mass is 9.96. The van der Waals surface area contributed by atoms with Gasteiger partial charge in [0, 0.05) is 6.61 Å². The van der Waals surface area contributed by atoms with Crippen molar-refractivity contribution < 1.29 is 28.2 Å². The Kier molecular flexibility index (Phi) is 3.62. The van der Waals surface area contributed by atoms with Gasteiger partial charge in [-0.1, -0.05) is 18.2 Å². The summed E-state index contributed by atoms with van der Waals surface area (Å²) in [6, 6.07) is 7.52. The SMILES string of the molecule is O=C(O)[C@@]1(O)COCC[C@H]1S(=O)(=O)c1ccccc1. The van der Waals surface area contributed by atoms with E-state index in [1.54, 1.807) is 18.2 Å². The number of sulfone groups is 1. The van der Waals surface area contributed by atoms with Crippen LogP contribution >= 0.6 is 0 Å². The minimum Gasteiger partial charge on any atom is -0.479 e. The third-order valence-corrected chi connectivity index (χ3v) is 5.50. The summed E-state index contributed by atoms with van der Waals surface area (Å²) >= 11 is 0. The topological polar surface area (TPSA) is 101 Å². The van der Waals surface area contributed by atoms with Crippen LogP contribution in [0.25, 0.3) is 0 Å². The van der Waals surface area contributed by atoms with E-state index < -0.39 is 33.3 Å². The molecule has 2 N–H and O–H groups in total. The highest BCUT2D eigenvalue weighted by Crippen LogP contribution is 2.30. The largest absolute Gasteiger partial charge is 0.479 e. The zero-order chi connectivity index (χ0) is 14.1. The first-order chi connectivity index (χ1) is 8.89. The van der Waals surface area contributed by atoms with Gasteiger partial charge in [-0.15, -0.1) is 0 Å². The maximum absolute atomic E-state index is 12.4. The molecule has 6 nitrogen and oxygen atoms in total. The van der Waals surface area contributed by atoms with Crippen molar-refractivity contribution in [3.63, 3.8) is 0 Å². The highest BCUT2D eigenvalue weighted by Gasteiger charge is 2.53. The molecular formula is C12H14O6S. The molecule has 0 aromatic heterocycles. The summed E-state index contributed by atoms with van der Waals surface area (Å²) in [5.41, 5.74) is -2.41. The van der Waals surface area contributed by atoms with Gasteiger partial charge >= 0.3 is 5.97 Å². The van der Waals surface area contributed by atoms with Crippen molar-refractivity contribution in [3.8, 4) is 0 Å². The number of rotatable bonds is 3. The van der Waals surface area contributed by atoms with Crippen molar-refractivity contribution in [2.24, 2.45) is 0 Å². The van der Waals surface area contributed by atoms with Gasteiger partial charge in [-0.3, -0.25) is 0 Å². The van der Waals surface area contributed by atoms with Gasteiger partial charge in [-0.05, 0) is 18.6 Å². The van der Waals surface area contributed by atoms with E-state index in [-0.39, 0.29) is 17.9 Å². The highest BCUT2D eigenvalue weighted by molar-refractivity contribution is 7.92. The lowest BCUT2D eigenvalue weighted by Crippen LogP contribution is -2.59. The Labute approximate surface area is 110 Å². The average Bonchev–Trinajstić information content (AvgIpc) is 2.40. The second-order valence-corrected chi connectivity index (χ2v) is 6.55. The van der Waals surface area contributed by atoms with E-state index in [1.165, 1.54) is 12.1 Å². The van der Waals surface area contributed by atoms with E-state index in [0.717, 1.165) is 0 Å². The number of aliphatic hydroxyl groups is 1. The van der Waals surface area contributed by atoms with E-state index in [2.05, 4.69) is 0 Å². The molecule has 7 heteroatoms. The van der Waals surface area contributed by atoms with Crippen LogP contribution in [0.1, 0.15) is 6.42 Å². The van der Waals surface area contributed by atoms with E-state index >= 15 is 0 Å². The van der Waals surface area contributed by atoms with Crippen molar-refractivity contribution in [1.29, 1.82) is 0 Å². The monoisotopic (exact) mass is 286 g/mol. The lowest BCUT2D eigenvalue weighted by Gasteiger charge is -2.35. The van der Waals surface area contributed by atoms with Crippen molar-refractivity contribution >= 4 is 15.8 Å². The van der Waals surface area contributed by atoms with Gasteiger partial charge in [-0.25, -0.2) is 13.2 Å². The minimum absolute atomic E-state index is 0.00146. The van der Waals surface area contributed by atoms with Crippen molar-refractivity contribution in [1.82, 2.24) is 0 Å². The van der Waals surface area contributed by atoms with Gasteiger partial charge in [0.1, 0.15) is 5.25 Å². The second kappa shape index (κ2) is 4.92. The van der Waals surface area contributed by atoms with Crippen LogP contribution in [0.5, 0.6) is 0 Å². The molecule has 0 bridgehead atoms. The van der Waals surface area contributed by atoms with Crippen LogP contribution in [-0.2, 0) is 19.4 Å². The Morgan fingerprint density at radius 1 is 1.32 bits per heavy atom. The molecule has 2 atom stereocenters. The molecule has 1 fully saturated rings. The summed E-state index contributed by atoms with van der Waals surface area (Å²) in [5.74, 6) is -1.59. The van der Waals surface area contributed by atoms with Crippen molar-refractivity contribution in [2.45, 2.75) is 22.2 Å². The van der Waals surface area contributed by atoms with E-state index in [1.807, 2.05) is 0 Å². The average molecular weight is 286 g/mol. The lowest BCUT2D eigenvalue weighted by molar-refractivity contribution is -0.171. The fourth-order valence-electron chi connectivity index (χ4n) is 2.14. The fraction of sp³-hybridized carbons (Fsp3) is 0.417. The molecule has 104 valence electrons. The molecule has 0 aliphatic carbocycles. The van der Waals surface area contributed by atoms with Crippen molar-refractivity contribution in [3.05, 3.63) is 30.3 Å². The Hall–Kier alpha value is -1.44. The number of carboxylic acid groups (broad SMARTS) is 1. The molecule has 0 radical (unpaired) electrons. The number of aliphatic carboxylic acids is 1. The van der Waals surface area contributed by atoms with Crippen LogP contribution in [-0.4, -0.2) is 48.7 Å². The number of carbonyl (C=O) groups is 1. The summed E-state index contributed by atoms with van der Waals surface area (Å²) in [5, 5.41) is 17.8. The third kappa shape index (κ3) is 2.36. The third-order valence-electron chi connectivity index (χ3n) is 3.20. The normalized spacial score (nSPS) is 27.9. The minimum atomic E-state index is -3.93. The Bertz CT molecular complexity index is 567. The Balaban J connectivity index is 2.47. The standard InChI is InChI=1S/C12H14O6S/c13-11(14)12(15)8-18-7-6-10(12)19(16,17)9-4-2-1-3-5-9/h1-5,10,15H,6-8H2,(H,13,14)/t10-,12-/m1/s1. The van der Waals surface area contributed by atoms with E-state index in [0.29, 0.717) is 0 Å². The first-order valence-corrected chi connectivity index (χ1v) is 7.26. The zero-order valence-corrected chi connectivity index (χ0v) is 10.8. The maximum atomic E-state index is 12.4. The molecule has 1 aliphatic heterocycles. The maximum Gasteiger partial charge on any atom is 0.339 e. The predicted molar refractivity (Wildman–Crippen MR) is 65.4 cm³/mol. The summed E-state index contributed by atoms with van der Waals surface area (Å²) in [6.45, 7) is -0.425. The molecule has 1 heterocycles. The molecule has 1 aromatic rings. The quantitative estimate of drug-likeness (QED) is 0.815. The molecule has 0 amide bonds. The molecule has 19 heavy (non-hydrogen) atoms. The second-order valence-electron chi connectivity index (χ2n) is 4.42. The van der Waals surface area contributed by atoms with E-state index in [9.17, 15) is 18.3 Å². The molecule has 1 saturated heterocycles. The molecule has 1 aliphatic rings. The number of ether oxygens (including phenoxy) is 1. The fourth-order valence-corrected chi connectivity index (χ4v) is 4.09. The number of hydrogen-bond acceptors (Lipinski definition) is 5. The van der Waals surface area contributed by atoms with Crippen LogP contribution in [0.15, 0.2) is 35.2 Å².